The topological polar surface area (TPSA) is 113 Å². The Bertz CT molecular complexity index is 617. The van der Waals surface area contributed by atoms with E-state index in [0.29, 0.717) is 24.6 Å². The molecule has 1 heterocycles. The quantitative estimate of drug-likeness (QED) is 0.620. The fraction of sp³-hybridized carbons (Fsp3) is 0.167. The Morgan fingerprint density at radius 3 is 2.95 bits per heavy atom. The number of ether oxygens (including phenoxy) is 1. The summed E-state index contributed by atoms with van der Waals surface area (Å²) in [5, 5.41) is 2.65. The number of imidazole rings is 1. The second-order valence-corrected chi connectivity index (χ2v) is 3.78. The first-order chi connectivity index (χ1) is 9.19. The molecule has 2 aromatic rings. The minimum absolute atomic E-state index is 0.165. The lowest BCUT2D eigenvalue weighted by Crippen LogP contribution is -2.14. The summed E-state index contributed by atoms with van der Waals surface area (Å²) in [6.45, 7) is 0.823. The van der Waals surface area contributed by atoms with Crippen molar-refractivity contribution in [3.63, 3.8) is 0 Å². The van der Waals surface area contributed by atoms with Gasteiger partial charge in [0.1, 0.15) is 18.1 Å². The van der Waals surface area contributed by atoms with Gasteiger partial charge in [-0.15, -0.1) is 0 Å². The number of aromatic nitrogens is 2. The van der Waals surface area contributed by atoms with Gasteiger partial charge in [-0.1, -0.05) is 6.07 Å². The van der Waals surface area contributed by atoms with Gasteiger partial charge >= 0.3 is 5.69 Å². The number of aromatic amines is 2. The van der Waals surface area contributed by atoms with Gasteiger partial charge in [-0.3, -0.25) is 4.79 Å². The molecule has 0 saturated heterocycles. The molecule has 5 N–H and O–H groups in total. The molecule has 19 heavy (non-hydrogen) atoms. The number of H-pyrrole nitrogens is 2. The second-order valence-electron chi connectivity index (χ2n) is 3.78. The first-order valence-corrected chi connectivity index (χ1v) is 5.71. The van der Waals surface area contributed by atoms with Gasteiger partial charge in [0, 0.05) is 24.5 Å². The summed E-state index contributed by atoms with van der Waals surface area (Å²) in [5.41, 5.74) is 5.65. The molecule has 0 atom stereocenters. The molecule has 0 fully saturated rings. The largest absolute Gasteiger partial charge is 0.492 e. The molecule has 0 unspecified atom stereocenters. The number of carbonyl (C=O) groups is 1. The molecule has 1 aromatic heterocycles. The third-order valence-corrected chi connectivity index (χ3v) is 2.32. The van der Waals surface area contributed by atoms with E-state index in [1.54, 1.807) is 24.3 Å². The minimum Gasteiger partial charge on any atom is -0.492 e. The maximum Gasteiger partial charge on any atom is 0.323 e. The number of hydrogen-bond donors (Lipinski definition) is 4. The van der Waals surface area contributed by atoms with Crippen molar-refractivity contribution in [2.45, 2.75) is 0 Å². The lowest BCUT2D eigenvalue weighted by molar-refractivity contribution is 0.102. The zero-order chi connectivity index (χ0) is 13.7. The summed E-state index contributed by atoms with van der Waals surface area (Å²) in [6, 6.07) is 6.92. The highest BCUT2D eigenvalue weighted by Gasteiger charge is 2.08. The van der Waals surface area contributed by atoms with E-state index in [-0.39, 0.29) is 5.69 Å². The number of anilines is 1. The van der Waals surface area contributed by atoms with Crippen LogP contribution in [0.2, 0.25) is 0 Å². The van der Waals surface area contributed by atoms with Crippen LogP contribution in [0.5, 0.6) is 5.75 Å². The van der Waals surface area contributed by atoms with Crippen LogP contribution < -0.4 is 21.5 Å². The molecule has 100 valence electrons. The van der Waals surface area contributed by atoms with E-state index in [4.69, 9.17) is 10.5 Å². The molecule has 1 aromatic carbocycles. The van der Waals surface area contributed by atoms with E-state index in [2.05, 4.69) is 15.3 Å². The zero-order valence-corrected chi connectivity index (χ0v) is 10.1. The average Bonchev–Trinajstić information content (AvgIpc) is 2.83. The number of carbonyl (C=O) groups excluding carboxylic acids is 1. The fourth-order valence-corrected chi connectivity index (χ4v) is 1.49. The molecule has 7 heteroatoms. The average molecular weight is 262 g/mol. The third-order valence-electron chi connectivity index (χ3n) is 2.32. The molecule has 0 bridgehead atoms. The third kappa shape index (κ3) is 3.46. The van der Waals surface area contributed by atoms with Gasteiger partial charge in [-0.25, -0.2) is 4.79 Å². The molecule has 0 aliphatic heterocycles. The number of nitrogens with two attached hydrogens (primary N) is 1. The van der Waals surface area contributed by atoms with E-state index in [0.717, 1.165) is 0 Å². The van der Waals surface area contributed by atoms with Crippen molar-refractivity contribution in [2.24, 2.45) is 5.73 Å². The Labute approximate surface area is 108 Å². The van der Waals surface area contributed by atoms with Gasteiger partial charge in [0.25, 0.3) is 5.91 Å². The molecular weight excluding hydrogens is 248 g/mol. The van der Waals surface area contributed by atoms with Gasteiger partial charge < -0.3 is 25.8 Å². The van der Waals surface area contributed by atoms with Gasteiger partial charge in [-0.05, 0) is 12.1 Å². The van der Waals surface area contributed by atoms with Crippen LogP contribution in [-0.2, 0) is 0 Å². The Morgan fingerprint density at radius 2 is 2.26 bits per heavy atom. The van der Waals surface area contributed by atoms with E-state index in [9.17, 15) is 9.59 Å². The van der Waals surface area contributed by atoms with Crippen molar-refractivity contribution in [3.8, 4) is 5.75 Å². The minimum atomic E-state index is -0.426. The number of benzene rings is 1. The Morgan fingerprint density at radius 1 is 1.42 bits per heavy atom. The van der Waals surface area contributed by atoms with E-state index < -0.39 is 11.6 Å². The van der Waals surface area contributed by atoms with Gasteiger partial charge in [-0.2, -0.15) is 0 Å². The summed E-state index contributed by atoms with van der Waals surface area (Å²) in [5.74, 6) is 0.208. The van der Waals surface area contributed by atoms with Crippen molar-refractivity contribution < 1.29 is 9.53 Å². The van der Waals surface area contributed by atoms with Crippen LogP contribution in [0, 0.1) is 0 Å². The van der Waals surface area contributed by atoms with Crippen molar-refractivity contribution in [2.75, 3.05) is 18.5 Å². The molecule has 0 radical (unpaired) electrons. The Balaban J connectivity index is 2.06. The van der Waals surface area contributed by atoms with Crippen molar-refractivity contribution >= 4 is 11.6 Å². The van der Waals surface area contributed by atoms with E-state index in [1.165, 1.54) is 6.20 Å². The molecule has 0 aliphatic rings. The van der Waals surface area contributed by atoms with Crippen molar-refractivity contribution in [1.82, 2.24) is 9.97 Å². The molecular formula is C12H14N4O3. The van der Waals surface area contributed by atoms with Crippen molar-refractivity contribution in [1.29, 1.82) is 0 Å². The summed E-state index contributed by atoms with van der Waals surface area (Å²) >= 11 is 0. The van der Waals surface area contributed by atoms with E-state index in [1.807, 2.05) is 0 Å². The number of rotatable bonds is 5. The molecule has 0 aliphatic carbocycles. The van der Waals surface area contributed by atoms with Crippen LogP contribution in [0.4, 0.5) is 5.69 Å². The highest BCUT2D eigenvalue weighted by atomic mass is 16.5. The highest BCUT2D eigenvalue weighted by molar-refractivity contribution is 6.02. The van der Waals surface area contributed by atoms with Crippen LogP contribution in [0.3, 0.4) is 0 Å². The molecule has 1 amide bonds. The number of nitrogens with one attached hydrogen (secondary N) is 3. The van der Waals surface area contributed by atoms with Crippen LogP contribution in [-0.4, -0.2) is 29.0 Å². The zero-order valence-electron chi connectivity index (χ0n) is 10.1. The van der Waals surface area contributed by atoms with Gasteiger partial charge in [0.15, 0.2) is 0 Å². The maximum atomic E-state index is 11.8. The second kappa shape index (κ2) is 5.87. The number of amides is 1. The highest BCUT2D eigenvalue weighted by Crippen LogP contribution is 2.17. The number of hydrogen-bond acceptors (Lipinski definition) is 4. The van der Waals surface area contributed by atoms with Crippen LogP contribution in [0.25, 0.3) is 0 Å². The molecule has 0 saturated carbocycles. The van der Waals surface area contributed by atoms with Crippen LogP contribution in [0.1, 0.15) is 10.5 Å². The fourth-order valence-electron chi connectivity index (χ4n) is 1.49. The summed E-state index contributed by atoms with van der Waals surface area (Å²) in [6.07, 6.45) is 1.31. The first kappa shape index (κ1) is 12.9. The molecule has 2 rings (SSSR count). The standard InChI is InChI=1S/C12H14N4O3/c13-4-5-19-9-3-1-2-8(6-9)15-11(17)10-7-14-12(18)16-10/h1-3,6-7H,4-5,13H2,(H,15,17)(H2,14,16,18). The first-order valence-electron chi connectivity index (χ1n) is 5.71. The van der Waals surface area contributed by atoms with Crippen LogP contribution in [0.15, 0.2) is 35.3 Å². The lowest BCUT2D eigenvalue weighted by Gasteiger charge is -2.07. The Hall–Kier alpha value is -2.54. The summed E-state index contributed by atoms with van der Waals surface area (Å²) < 4.78 is 5.35. The Kier molecular flexibility index (Phi) is 3.99. The summed E-state index contributed by atoms with van der Waals surface area (Å²) in [7, 11) is 0. The van der Waals surface area contributed by atoms with Gasteiger partial charge in [0.05, 0.1) is 0 Å². The maximum absolute atomic E-state index is 11.8. The predicted molar refractivity (Wildman–Crippen MR) is 70.4 cm³/mol. The van der Waals surface area contributed by atoms with Crippen molar-refractivity contribution in [3.05, 3.63) is 46.6 Å². The summed E-state index contributed by atoms with van der Waals surface area (Å²) in [4.78, 5) is 27.4. The smallest absolute Gasteiger partial charge is 0.323 e. The van der Waals surface area contributed by atoms with Gasteiger partial charge in [0.2, 0.25) is 0 Å². The predicted octanol–water partition coefficient (Wildman–Crippen LogP) is 0.293. The van der Waals surface area contributed by atoms with Crippen LogP contribution >= 0.6 is 0 Å². The molecule has 7 nitrogen and oxygen atoms in total. The lowest BCUT2D eigenvalue weighted by atomic mass is 10.3. The molecule has 0 spiro atoms. The SMILES string of the molecule is NCCOc1cccc(NC(=O)c2c[nH]c(=O)[nH]2)c1. The monoisotopic (exact) mass is 262 g/mol. The normalized spacial score (nSPS) is 10.2. The van der Waals surface area contributed by atoms with E-state index >= 15 is 0 Å².